The van der Waals surface area contributed by atoms with E-state index in [1.165, 1.54) is 0 Å². The van der Waals surface area contributed by atoms with Crippen LogP contribution in [0.3, 0.4) is 0 Å². The molecular formula is C14H20N2O3. The van der Waals surface area contributed by atoms with Crippen molar-refractivity contribution in [3.05, 3.63) is 24.3 Å². The van der Waals surface area contributed by atoms with E-state index in [9.17, 15) is 4.79 Å². The van der Waals surface area contributed by atoms with Gasteiger partial charge in [0.2, 0.25) is 5.91 Å². The van der Waals surface area contributed by atoms with E-state index in [1.54, 1.807) is 7.11 Å². The molecule has 0 saturated carbocycles. The van der Waals surface area contributed by atoms with Gasteiger partial charge in [0.1, 0.15) is 11.3 Å². The van der Waals surface area contributed by atoms with Gasteiger partial charge in [-0.25, -0.2) is 0 Å². The minimum atomic E-state index is -0.817. The number of primary amides is 1. The van der Waals surface area contributed by atoms with Crippen LogP contribution < -0.4 is 15.8 Å². The maximum Gasteiger partial charge on any atom is 0.243 e. The van der Waals surface area contributed by atoms with Gasteiger partial charge in [-0.15, -0.1) is 0 Å². The lowest BCUT2D eigenvalue weighted by molar-refractivity contribution is -0.123. The molecule has 0 bridgehead atoms. The van der Waals surface area contributed by atoms with Crippen molar-refractivity contribution in [2.45, 2.75) is 18.9 Å². The van der Waals surface area contributed by atoms with E-state index in [0.717, 1.165) is 17.9 Å². The number of hydrogen-bond acceptors (Lipinski definition) is 4. The molecule has 19 heavy (non-hydrogen) atoms. The Morgan fingerprint density at radius 1 is 1.58 bits per heavy atom. The number of methoxy groups -OCH3 is 1. The Bertz CT molecular complexity index is 458. The lowest BCUT2D eigenvalue weighted by Crippen LogP contribution is -2.53. The summed E-state index contributed by atoms with van der Waals surface area (Å²) in [5, 5.41) is 3.24. The van der Waals surface area contributed by atoms with Gasteiger partial charge in [-0.3, -0.25) is 4.79 Å². The van der Waals surface area contributed by atoms with Crippen molar-refractivity contribution in [3.63, 3.8) is 0 Å². The Kier molecular flexibility index (Phi) is 3.95. The Morgan fingerprint density at radius 3 is 2.95 bits per heavy atom. The molecule has 1 fully saturated rings. The highest BCUT2D eigenvalue weighted by Gasteiger charge is 2.41. The normalized spacial score (nSPS) is 21.7. The van der Waals surface area contributed by atoms with Gasteiger partial charge in [-0.05, 0) is 25.5 Å². The summed E-state index contributed by atoms with van der Waals surface area (Å²) in [5.41, 5.74) is 5.58. The molecule has 1 saturated heterocycles. The molecule has 1 aromatic rings. The quantitative estimate of drug-likeness (QED) is 0.842. The molecule has 2 rings (SSSR count). The van der Waals surface area contributed by atoms with Crippen LogP contribution in [0.5, 0.6) is 5.75 Å². The first kappa shape index (κ1) is 13.7. The third-order valence-corrected chi connectivity index (χ3v) is 3.73. The Morgan fingerprint density at radius 2 is 2.37 bits per heavy atom. The number of nitrogens with two attached hydrogens (primary N) is 1. The Balaban J connectivity index is 2.22. The van der Waals surface area contributed by atoms with E-state index in [0.29, 0.717) is 13.2 Å². The zero-order chi connectivity index (χ0) is 13.9. The molecule has 0 aromatic heterocycles. The fraction of sp³-hybridized carbons (Fsp3) is 0.500. The van der Waals surface area contributed by atoms with Gasteiger partial charge in [0.05, 0.1) is 13.7 Å². The first-order chi connectivity index (χ1) is 9.06. The molecule has 0 radical (unpaired) electrons. The first-order valence-corrected chi connectivity index (χ1v) is 6.36. The molecule has 2 unspecified atom stereocenters. The highest BCUT2D eigenvalue weighted by Crippen LogP contribution is 2.30. The number of rotatable bonds is 5. The van der Waals surface area contributed by atoms with E-state index in [2.05, 4.69) is 5.32 Å². The van der Waals surface area contributed by atoms with Gasteiger partial charge in [0, 0.05) is 24.3 Å². The summed E-state index contributed by atoms with van der Waals surface area (Å²) in [7, 11) is 1.61. The Hall–Kier alpha value is -1.75. The van der Waals surface area contributed by atoms with Crippen LogP contribution >= 0.6 is 0 Å². The molecule has 1 heterocycles. The third kappa shape index (κ3) is 2.81. The van der Waals surface area contributed by atoms with Crippen molar-refractivity contribution >= 4 is 11.6 Å². The lowest BCUT2D eigenvalue weighted by Gasteiger charge is -2.33. The summed E-state index contributed by atoms with van der Waals surface area (Å²) in [6.45, 7) is 3.05. The SMILES string of the molecule is COc1cccc(NC(C)(C(N)=O)C2CCOC2)c1. The zero-order valence-corrected chi connectivity index (χ0v) is 11.3. The topological polar surface area (TPSA) is 73.6 Å². The van der Waals surface area contributed by atoms with E-state index in [-0.39, 0.29) is 11.8 Å². The largest absolute Gasteiger partial charge is 0.497 e. The van der Waals surface area contributed by atoms with Crippen LogP contribution in [-0.4, -0.2) is 31.8 Å². The smallest absolute Gasteiger partial charge is 0.243 e. The number of ether oxygens (including phenoxy) is 2. The molecule has 1 aliphatic rings. The zero-order valence-electron chi connectivity index (χ0n) is 11.3. The third-order valence-electron chi connectivity index (χ3n) is 3.73. The number of benzene rings is 1. The molecule has 5 nitrogen and oxygen atoms in total. The molecule has 5 heteroatoms. The predicted molar refractivity (Wildman–Crippen MR) is 73.1 cm³/mol. The minimum Gasteiger partial charge on any atom is -0.497 e. The van der Waals surface area contributed by atoms with E-state index >= 15 is 0 Å². The number of anilines is 1. The fourth-order valence-corrected chi connectivity index (χ4v) is 2.36. The summed E-state index contributed by atoms with van der Waals surface area (Å²) in [5.74, 6) is 0.446. The molecule has 1 amide bonds. The van der Waals surface area contributed by atoms with Crippen molar-refractivity contribution in [2.24, 2.45) is 11.7 Å². The van der Waals surface area contributed by atoms with Crippen molar-refractivity contribution in [1.29, 1.82) is 0 Å². The molecule has 1 aromatic carbocycles. The van der Waals surface area contributed by atoms with Crippen LogP contribution in [0, 0.1) is 5.92 Å². The van der Waals surface area contributed by atoms with Crippen molar-refractivity contribution in [3.8, 4) is 5.75 Å². The summed E-state index contributed by atoms with van der Waals surface area (Å²) in [6.07, 6.45) is 0.830. The number of hydrogen-bond donors (Lipinski definition) is 2. The summed E-state index contributed by atoms with van der Waals surface area (Å²) in [6, 6.07) is 7.45. The molecule has 0 aliphatic carbocycles. The maximum absolute atomic E-state index is 11.8. The number of carbonyl (C=O) groups is 1. The van der Waals surface area contributed by atoms with Crippen molar-refractivity contribution in [1.82, 2.24) is 0 Å². The number of amides is 1. The minimum absolute atomic E-state index is 0.0798. The molecule has 0 spiro atoms. The Labute approximate surface area is 113 Å². The van der Waals surface area contributed by atoms with Gasteiger partial charge in [-0.2, -0.15) is 0 Å². The average Bonchev–Trinajstić information content (AvgIpc) is 2.93. The first-order valence-electron chi connectivity index (χ1n) is 6.36. The molecular weight excluding hydrogens is 244 g/mol. The number of nitrogens with one attached hydrogen (secondary N) is 1. The second-order valence-electron chi connectivity index (χ2n) is 4.98. The van der Waals surface area contributed by atoms with Gasteiger partial charge in [0.25, 0.3) is 0 Å². The van der Waals surface area contributed by atoms with E-state index in [1.807, 2.05) is 31.2 Å². The summed E-state index contributed by atoms with van der Waals surface area (Å²) in [4.78, 5) is 11.8. The number of carbonyl (C=O) groups excluding carboxylic acids is 1. The van der Waals surface area contributed by atoms with Crippen LogP contribution in [0.1, 0.15) is 13.3 Å². The predicted octanol–water partition coefficient (Wildman–Crippen LogP) is 1.39. The average molecular weight is 264 g/mol. The molecule has 104 valence electrons. The summed E-state index contributed by atoms with van der Waals surface area (Å²) < 4.78 is 10.5. The molecule has 1 aliphatic heterocycles. The second-order valence-corrected chi connectivity index (χ2v) is 4.98. The lowest BCUT2D eigenvalue weighted by atomic mass is 9.84. The van der Waals surface area contributed by atoms with Gasteiger partial charge < -0.3 is 20.5 Å². The van der Waals surface area contributed by atoms with Crippen molar-refractivity contribution in [2.75, 3.05) is 25.6 Å². The molecule has 3 N–H and O–H groups in total. The molecule has 2 atom stereocenters. The van der Waals surface area contributed by atoms with E-state index < -0.39 is 5.54 Å². The fourth-order valence-electron chi connectivity index (χ4n) is 2.36. The standard InChI is InChI=1S/C14H20N2O3/c1-14(13(15)17,10-6-7-19-9-10)16-11-4-3-5-12(8-11)18-2/h3-5,8,10,16H,6-7,9H2,1-2H3,(H2,15,17). The highest BCUT2D eigenvalue weighted by atomic mass is 16.5. The van der Waals surface area contributed by atoms with Crippen LogP contribution in [0.25, 0.3) is 0 Å². The maximum atomic E-state index is 11.8. The van der Waals surface area contributed by atoms with E-state index in [4.69, 9.17) is 15.2 Å². The van der Waals surface area contributed by atoms with Crippen LogP contribution in [-0.2, 0) is 9.53 Å². The van der Waals surface area contributed by atoms with Crippen LogP contribution in [0.2, 0.25) is 0 Å². The van der Waals surface area contributed by atoms with Gasteiger partial charge in [0.15, 0.2) is 0 Å². The van der Waals surface area contributed by atoms with Crippen LogP contribution in [0.4, 0.5) is 5.69 Å². The van der Waals surface area contributed by atoms with Gasteiger partial charge >= 0.3 is 0 Å². The van der Waals surface area contributed by atoms with Crippen LogP contribution in [0.15, 0.2) is 24.3 Å². The monoisotopic (exact) mass is 264 g/mol. The van der Waals surface area contributed by atoms with Gasteiger partial charge in [-0.1, -0.05) is 6.07 Å². The second kappa shape index (κ2) is 5.48. The van der Waals surface area contributed by atoms with Crippen molar-refractivity contribution < 1.29 is 14.3 Å². The highest BCUT2D eigenvalue weighted by molar-refractivity contribution is 5.88. The summed E-state index contributed by atoms with van der Waals surface area (Å²) >= 11 is 0.